The van der Waals surface area contributed by atoms with Crippen molar-refractivity contribution in [2.24, 2.45) is 5.92 Å². The van der Waals surface area contributed by atoms with Crippen molar-refractivity contribution < 1.29 is 13.5 Å². The van der Waals surface area contributed by atoms with Gasteiger partial charge in [-0.05, 0) is 48.6 Å². The molecule has 0 spiro atoms. The highest BCUT2D eigenvalue weighted by molar-refractivity contribution is 5.73. The number of rotatable bonds is 6. The van der Waals surface area contributed by atoms with Crippen LogP contribution in [0.5, 0.6) is 5.75 Å². The summed E-state index contributed by atoms with van der Waals surface area (Å²) >= 11 is 0. The minimum atomic E-state index is -0.906. The quantitative estimate of drug-likeness (QED) is 0.539. The van der Waals surface area contributed by atoms with Gasteiger partial charge in [0.25, 0.3) is 0 Å². The summed E-state index contributed by atoms with van der Waals surface area (Å²) in [5, 5.41) is 9.05. The molecule has 0 aromatic heterocycles. The van der Waals surface area contributed by atoms with Gasteiger partial charge in [0.05, 0.1) is 12.7 Å². The molecule has 2 aromatic rings. The standard InChI is InChI=1S/C24H27F2NO/c1-3-4-5-16-6-8-17(9-7-16)18-10-12-19(13-11-18)23-22(28-2)14-21(25)20(15-27)24(23)26/h10-14,16-17H,3-9H2,1-2H3. The van der Waals surface area contributed by atoms with Crippen molar-refractivity contribution in [3.05, 3.63) is 53.1 Å². The summed E-state index contributed by atoms with van der Waals surface area (Å²) in [5.41, 5.74) is 1.41. The van der Waals surface area contributed by atoms with Gasteiger partial charge >= 0.3 is 0 Å². The van der Waals surface area contributed by atoms with Crippen molar-refractivity contribution in [3.63, 3.8) is 0 Å². The van der Waals surface area contributed by atoms with E-state index in [2.05, 4.69) is 6.92 Å². The van der Waals surface area contributed by atoms with E-state index in [9.17, 15) is 8.78 Å². The van der Waals surface area contributed by atoms with Crippen molar-refractivity contribution in [2.75, 3.05) is 7.11 Å². The first kappa shape index (κ1) is 20.3. The van der Waals surface area contributed by atoms with Gasteiger partial charge in [-0.2, -0.15) is 5.26 Å². The van der Waals surface area contributed by atoms with Crippen LogP contribution >= 0.6 is 0 Å². The monoisotopic (exact) mass is 383 g/mol. The molecule has 1 saturated carbocycles. The summed E-state index contributed by atoms with van der Waals surface area (Å²) in [7, 11) is 1.37. The molecule has 0 radical (unpaired) electrons. The van der Waals surface area contributed by atoms with Gasteiger partial charge in [-0.15, -0.1) is 0 Å². The van der Waals surface area contributed by atoms with Crippen LogP contribution in [0.1, 0.15) is 68.9 Å². The Morgan fingerprint density at radius 3 is 2.36 bits per heavy atom. The lowest BCUT2D eigenvalue weighted by molar-refractivity contribution is 0.304. The van der Waals surface area contributed by atoms with Crippen LogP contribution in [0.15, 0.2) is 30.3 Å². The second kappa shape index (κ2) is 9.19. The average Bonchev–Trinajstić information content (AvgIpc) is 2.72. The number of nitrogens with zero attached hydrogens (tertiary/aromatic N) is 1. The third kappa shape index (κ3) is 4.19. The first-order valence-electron chi connectivity index (χ1n) is 10.1. The van der Waals surface area contributed by atoms with E-state index < -0.39 is 17.2 Å². The molecule has 148 valence electrons. The Labute approximate surface area is 166 Å². The lowest BCUT2D eigenvalue weighted by atomic mass is 9.77. The number of unbranched alkanes of at least 4 members (excludes halogenated alkanes) is 1. The van der Waals surface area contributed by atoms with Crippen LogP contribution in [0, 0.1) is 28.9 Å². The Balaban J connectivity index is 1.80. The smallest absolute Gasteiger partial charge is 0.155 e. The van der Waals surface area contributed by atoms with Gasteiger partial charge in [-0.25, -0.2) is 8.78 Å². The molecule has 3 rings (SSSR count). The Hall–Kier alpha value is -2.41. The first-order valence-corrected chi connectivity index (χ1v) is 10.1. The zero-order valence-corrected chi connectivity index (χ0v) is 16.6. The number of halogens is 2. The number of hydrogen-bond acceptors (Lipinski definition) is 2. The molecule has 1 fully saturated rings. The van der Waals surface area contributed by atoms with Gasteiger partial charge in [0.15, 0.2) is 5.82 Å². The lowest BCUT2D eigenvalue weighted by Crippen LogP contribution is -2.13. The number of methoxy groups -OCH3 is 1. The summed E-state index contributed by atoms with van der Waals surface area (Å²) in [5.74, 6) is -0.280. The molecular formula is C24H27F2NO. The van der Waals surface area contributed by atoms with E-state index in [1.807, 2.05) is 24.3 Å². The third-order valence-electron chi connectivity index (χ3n) is 6.00. The van der Waals surface area contributed by atoms with Gasteiger partial charge in [0.2, 0.25) is 0 Å². The summed E-state index contributed by atoms with van der Waals surface area (Å²) in [6.45, 7) is 2.24. The minimum absolute atomic E-state index is 0.0955. The molecule has 1 aliphatic carbocycles. The number of benzene rings is 2. The molecular weight excluding hydrogens is 356 g/mol. The Bertz CT molecular complexity index is 846. The summed E-state index contributed by atoms with van der Waals surface area (Å²) < 4.78 is 33.8. The molecule has 0 aliphatic heterocycles. The Morgan fingerprint density at radius 2 is 1.79 bits per heavy atom. The van der Waals surface area contributed by atoms with Gasteiger partial charge in [0, 0.05) is 6.07 Å². The largest absolute Gasteiger partial charge is 0.496 e. The Kier molecular flexibility index (Phi) is 6.67. The van der Waals surface area contributed by atoms with Gasteiger partial charge in [-0.1, -0.05) is 50.5 Å². The highest BCUT2D eigenvalue weighted by atomic mass is 19.1. The van der Waals surface area contributed by atoms with Crippen molar-refractivity contribution in [2.45, 2.75) is 57.8 Å². The molecule has 2 aromatic carbocycles. The molecule has 0 saturated heterocycles. The van der Waals surface area contributed by atoms with Crippen molar-refractivity contribution >= 4 is 0 Å². The van der Waals surface area contributed by atoms with Gasteiger partial charge in [0.1, 0.15) is 23.2 Å². The van der Waals surface area contributed by atoms with Gasteiger partial charge in [-0.3, -0.25) is 0 Å². The van der Waals surface area contributed by atoms with Crippen LogP contribution < -0.4 is 4.74 Å². The van der Waals surface area contributed by atoms with Crippen LogP contribution in [0.3, 0.4) is 0 Å². The van der Waals surface area contributed by atoms with E-state index >= 15 is 0 Å². The highest BCUT2D eigenvalue weighted by Gasteiger charge is 2.23. The van der Waals surface area contributed by atoms with Crippen LogP contribution in [0.25, 0.3) is 11.1 Å². The molecule has 28 heavy (non-hydrogen) atoms. The van der Waals surface area contributed by atoms with Crippen molar-refractivity contribution in [3.8, 4) is 22.9 Å². The van der Waals surface area contributed by atoms with Crippen LogP contribution in [-0.4, -0.2) is 7.11 Å². The second-order valence-electron chi connectivity index (χ2n) is 7.72. The first-order chi connectivity index (χ1) is 13.6. The summed E-state index contributed by atoms with van der Waals surface area (Å²) in [4.78, 5) is 0. The van der Waals surface area contributed by atoms with Crippen LogP contribution in [0.2, 0.25) is 0 Å². The van der Waals surface area contributed by atoms with Gasteiger partial charge < -0.3 is 4.74 Å². The number of hydrogen-bond donors (Lipinski definition) is 0. The maximum Gasteiger partial charge on any atom is 0.155 e. The zero-order valence-electron chi connectivity index (χ0n) is 16.6. The molecule has 1 aliphatic rings. The van der Waals surface area contributed by atoms with E-state index in [0.717, 1.165) is 12.0 Å². The van der Waals surface area contributed by atoms with Crippen LogP contribution in [-0.2, 0) is 0 Å². The fraction of sp³-hybridized carbons (Fsp3) is 0.458. The molecule has 0 heterocycles. The second-order valence-corrected chi connectivity index (χ2v) is 7.72. The molecule has 0 atom stereocenters. The maximum atomic E-state index is 14.7. The molecule has 0 amide bonds. The van der Waals surface area contributed by atoms with E-state index in [1.54, 1.807) is 6.07 Å². The van der Waals surface area contributed by atoms with Crippen molar-refractivity contribution in [1.82, 2.24) is 0 Å². The maximum absolute atomic E-state index is 14.7. The Morgan fingerprint density at radius 1 is 1.11 bits per heavy atom. The number of nitriles is 1. The molecule has 0 unspecified atom stereocenters. The zero-order chi connectivity index (χ0) is 20.1. The summed E-state index contributed by atoms with van der Waals surface area (Å²) in [6.07, 6.45) is 8.86. The predicted octanol–water partition coefficient (Wildman–Crippen LogP) is 6.98. The molecule has 0 bridgehead atoms. The van der Waals surface area contributed by atoms with Crippen LogP contribution in [0.4, 0.5) is 8.78 Å². The third-order valence-corrected chi connectivity index (χ3v) is 6.00. The molecule has 4 heteroatoms. The van der Waals surface area contributed by atoms with E-state index in [1.165, 1.54) is 57.6 Å². The predicted molar refractivity (Wildman–Crippen MR) is 107 cm³/mol. The SMILES string of the molecule is CCCCC1CCC(c2ccc(-c3c(OC)cc(F)c(C#N)c3F)cc2)CC1. The fourth-order valence-corrected chi connectivity index (χ4v) is 4.33. The lowest BCUT2D eigenvalue weighted by Gasteiger charge is -2.29. The molecule has 0 N–H and O–H groups in total. The fourth-order valence-electron chi connectivity index (χ4n) is 4.33. The van der Waals surface area contributed by atoms with E-state index in [4.69, 9.17) is 10.00 Å². The minimum Gasteiger partial charge on any atom is -0.496 e. The van der Waals surface area contributed by atoms with Crippen molar-refractivity contribution in [1.29, 1.82) is 5.26 Å². The van der Waals surface area contributed by atoms with E-state index in [-0.39, 0.29) is 11.3 Å². The normalized spacial score (nSPS) is 19.2. The topological polar surface area (TPSA) is 33.0 Å². The van der Waals surface area contributed by atoms with E-state index in [0.29, 0.717) is 11.5 Å². The molecule has 2 nitrogen and oxygen atoms in total. The summed E-state index contributed by atoms with van der Waals surface area (Å²) in [6, 6.07) is 10.4. The average molecular weight is 383 g/mol. The highest BCUT2D eigenvalue weighted by Crippen LogP contribution is 2.40. The number of ether oxygens (including phenoxy) is 1.